The number of nitrogens with one attached hydrogen (secondary N) is 1. The van der Waals surface area contributed by atoms with Crippen molar-refractivity contribution in [1.82, 2.24) is 19.9 Å². The van der Waals surface area contributed by atoms with Gasteiger partial charge in [0.2, 0.25) is 5.88 Å². The molecule has 1 aromatic carbocycles. The van der Waals surface area contributed by atoms with E-state index in [-0.39, 0.29) is 17.4 Å². The maximum atomic E-state index is 14.8. The third-order valence-corrected chi connectivity index (χ3v) is 4.78. The van der Waals surface area contributed by atoms with Crippen LogP contribution in [0.25, 0.3) is 10.9 Å². The highest BCUT2D eigenvalue weighted by Gasteiger charge is 2.16. The summed E-state index contributed by atoms with van der Waals surface area (Å²) in [7, 11) is 0. The minimum Gasteiger partial charge on any atom is -0.435 e. The predicted molar refractivity (Wildman–Crippen MR) is 110 cm³/mol. The molecule has 0 spiro atoms. The zero-order valence-electron chi connectivity index (χ0n) is 16.6. The standard InChI is InChI=1S/C20H23FN6O3/c1-13-10-14-16(26-13)2-3-17(18(14)21)30-20-15(19(22)23-12-24-20)11-25-29-9-6-27-4-7-28-8-5-27/h2-3,10-12,26H,4-9H2,1H3,(H2,22,23,24). The number of oxime groups is 1. The third-order valence-electron chi connectivity index (χ3n) is 4.78. The zero-order valence-corrected chi connectivity index (χ0v) is 16.6. The molecule has 0 unspecified atom stereocenters. The number of H-pyrrole nitrogens is 1. The summed E-state index contributed by atoms with van der Waals surface area (Å²) in [6, 6.07) is 5.00. The average Bonchev–Trinajstić information content (AvgIpc) is 3.13. The molecule has 9 nitrogen and oxygen atoms in total. The number of hydrogen-bond acceptors (Lipinski definition) is 8. The van der Waals surface area contributed by atoms with E-state index in [2.05, 4.69) is 25.0 Å². The van der Waals surface area contributed by atoms with Crippen molar-refractivity contribution >= 4 is 22.9 Å². The summed E-state index contributed by atoms with van der Waals surface area (Å²) in [5.41, 5.74) is 7.80. The fourth-order valence-corrected chi connectivity index (χ4v) is 3.20. The maximum absolute atomic E-state index is 14.8. The fraction of sp³-hybridized carbons (Fsp3) is 0.350. The molecule has 0 aliphatic carbocycles. The molecule has 1 aliphatic rings. The van der Waals surface area contributed by atoms with Crippen molar-refractivity contribution in [1.29, 1.82) is 0 Å². The number of anilines is 1. The van der Waals surface area contributed by atoms with Crippen molar-refractivity contribution < 1.29 is 18.7 Å². The van der Waals surface area contributed by atoms with Crippen LogP contribution in [0.2, 0.25) is 0 Å². The number of nitrogens with two attached hydrogens (primary N) is 1. The molecule has 0 bridgehead atoms. The Morgan fingerprint density at radius 3 is 3.00 bits per heavy atom. The van der Waals surface area contributed by atoms with Gasteiger partial charge in [-0.25, -0.2) is 14.4 Å². The monoisotopic (exact) mass is 414 g/mol. The molecule has 1 fully saturated rings. The smallest absolute Gasteiger partial charge is 0.233 e. The van der Waals surface area contributed by atoms with Gasteiger partial charge in [-0.15, -0.1) is 0 Å². The Morgan fingerprint density at radius 1 is 1.33 bits per heavy atom. The van der Waals surface area contributed by atoms with Gasteiger partial charge in [0.1, 0.15) is 24.3 Å². The van der Waals surface area contributed by atoms with Gasteiger partial charge in [0, 0.05) is 36.2 Å². The predicted octanol–water partition coefficient (Wildman–Crippen LogP) is 2.46. The number of nitrogen functional groups attached to an aromatic ring is 1. The Bertz CT molecular complexity index is 1050. The highest BCUT2D eigenvalue weighted by Crippen LogP contribution is 2.31. The Balaban J connectivity index is 1.45. The second-order valence-corrected chi connectivity index (χ2v) is 6.89. The number of rotatable bonds is 7. The van der Waals surface area contributed by atoms with Gasteiger partial charge >= 0.3 is 0 Å². The van der Waals surface area contributed by atoms with Gasteiger partial charge in [-0.1, -0.05) is 5.16 Å². The lowest BCUT2D eigenvalue weighted by Crippen LogP contribution is -2.38. The van der Waals surface area contributed by atoms with Crippen LogP contribution in [0, 0.1) is 12.7 Å². The van der Waals surface area contributed by atoms with Crippen LogP contribution in [-0.2, 0) is 9.57 Å². The normalized spacial score (nSPS) is 15.1. The van der Waals surface area contributed by atoms with Gasteiger partial charge < -0.3 is 25.0 Å². The molecule has 158 valence electrons. The quantitative estimate of drug-likeness (QED) is 0.347. The van der Waals surface area contributed by atoms with Crippen molar-refractivity contribution in [2.45, 2.75) is 6.92 Å². The largest absolute Gasteiger partial charge is 0.435 e. The lowest BCUT2D eigenvalue weighted by molar-refractivity contribution is 0.0214. The second-order valence-electron chi connectivity index (χ2n) is 6.89. The number of ether oxygens (including phenoxy) is 2. The lowest BCUT2D eigenvalue weighted by Gasteiger charge is -2.25. The molecule has 3 N–H and O–H groups in total. The molecule has 1 aliphatic heterocycles. The number of aromatic amines is 1. The maximum Gasteiger partial charge on any atom is 0.233 e. The van der Waals surface area contributed by atoms with E-state index in [0.717, 1.165) is 38.5 Å². The van der Waals surface area contributed by atoms with E-state index in [4.69, 9.17) is 20.0 Å². The van der Waals surface area contributed by atoms with Gasteiger partial charge in [-0.3, -0.25) is 4.90 Å². The van der Waals surface area contributed by atoms with E-state index in [1.54, 1.807) is 12.1 Å². The molecular weight excluding hydrogens is 391 g/mol. The Kier molecular flexibility index (Phi) is 6.05. The number of nitrogens with zero attached hydrogens (tertiary/aromatic N) is 4. The summed E-state index contributed by atoms with van der Waals surface area (Å²) in [4.78, 5) is 18.7. The summed E-state index contributed by atoms with van der Waals surface area (Å²) in [6.45, 7) is 6.23. The van der Waals surface area contributed by atoms with Crippen LogP contribution < -0.4 is 10.5 Å². The third kappa shape index (κ3) is 4.50. The van der Waals surface area contributed by atoms with E-state index in [0.29, 0.717) is 23.1 Å². The number of morpholine rings is 1. The molecule has 30 heavy (non-hydrogen) atoms. The van der Waals surface area contributed by atoms with Crippen LogP contribution in [-0.4, -0.2) is 65.5 Å². The molecule has 2 aromatic heterocycles. The van der Waals surface area contributed by atoms with Gasteiger partial charge in [0.15, 0.2) is 11.6 Å². The first-order chi connectivity index (χ1) is 14.6. The minimum absolute atomic E-state index is 0.0301. The van der Waals surface area contributed by atoms with E-state index in [1.807, 2.05) is 6.92 Å². The van der Waals surface area contributed by atoms with Crippen LogP contribution in [0.5, 0.6) is 11.6 Å². The molecule has 3 aromatic rings. The summed E-state index contributed by atoms with van der Waals surface area (Å²) in [5.74, 6) is -0.214. The van der Waals surface area contributed by atoms with Crippen LogP contribution in [0.3, 0.4) is 0 Å². The molecule has 1 saturated heterocycles. The summed E-state index contributed by atoms with van der Waals surface area (Å²) in [6.07, 6.45) is 2.62. The molecule has 0 saturated carbocycles. The highest BCUT2D eigenvalue weighted by atomic mass is 19.1. The second kappa shape index (κ2) is 9.06. The molecule has 10 heteroatoms. The van der Waals surface area contributed by atoms with Gasteiger partial charge in [0.05, 0.1) is 19.4 Å². The van der Waals surface area contributed by atoms with E-state index < -0.39 is 5.82 Å². The summed E-state index contributed by atoms with van der Waals surface area (Å²) in [5, 5.41) is 4.38. The van der Waals surface area contributed by atoms with Gasteiger partial charge in [0.25, 0.3) is 0 Å². The van der Waals surface area contributed by atoms with Gasteiger partial charge in [-0.05, 0) is 25.1 Å². The Labute approximate surface area is 172 Å². The zero-order chi connectivity index (χ0) is 20.9. The number of benzene rings is 1. The van der Waals surface area contributed by atoms with E-state index >= 15 is 0 Å². The molecule has 0 atom stereocenters. The number of halogens is 1. The topological polar surface area (TPSA) is 111 Å². The molecule has 3 heterocycles. The van der Waals surface area contributed by atoms with Crippen LogP contribution in [0.15, 0.2) is 29.7 Å². The Morgan fingerprint density at radius 2 is 2.17 bits per heavy atom. The van der Waals surface area contributed by atoms with Crippen molar-refractivity contribution in [2.24, 2.45) is 5.16 Å². The first-order valence-electron chi connectivity index (χ1n) is 9.63. The van der Waals surface area contributed by atoms with Crippen molar-refractivity contribution in [3.8, 4) is 11.6 Å². The summed E-state index contributed by atoms with van der Waals surface area (Å²) >= 11 is 0. The molecular formula is C20H23FN6O3. The van der Waals surface area contributed by atoms with Crippen molar-refractivity contribution in [2.75, 3.05) is 45.2 Å². The number of aromatic nitrogens is 3. The SMILES string of the molecule is Cc1cc2c(F)c(Oc3ncnc(N)c3C=NOCCN3CCOCC3)ccc2[nH]1. The highest BCUT2D eigenvalue weighted by molar-refractivity contribution is 5.88. The van der Waals surface area contributed by atoms with Crippen LogP contribution in [0.4, 0.5) is 10.2 Å². The molecule has 0 amide bonds. The number of hydrogen-bond donors (Lipinski definition) is 2. The van der Waals surface area contributed by atoms with E-state index in [9.17, 15) is 4.39 Å². The molecule has 0 radical (unpaired) electrons. The molecule has 4 rings (SSSR count). The van der Waals surface area contributed by atoms with E-state index in [1.165, 1.54) is 18.6 Å². The first kappa shape index (κ1) is 20.0. The van der Waals surface area contributed by atoms with Crippen LogP contribution >= 0.6 is 0 Å². The minimum atomic E-state index is -0.487. The Hall–Kier alpha value is -3.24. The lowest BCUT2D eigenvalue weighted by atomic mass is 10.2. The van der Waals surface area contributed by atoms with Crippen molar-refractivity contribution in [3.63, 3.8) is 0 Å². The summed E-state index contributed by atoms with van der Waals surface area (Å²) < 4.78 is 25.9. The number of aryl methyl sites for hydroxylation is 1. The average molecular weight is 414 g/mol. The number of fused-ring (bicyclic) bond motifs is 1. The first-order valence-corrected chi connectivity index (χ1v) is 9.63. The van der Waals surface area contributed by atoms with Crippen LogP contribution in [0.1, 0.15) is 11.3 Å². The van der Waals surface area contributed by atoms with Gasteiger partial charge in [-0.2, -0.15) is 0 Å². The fourth-order valence-electron chi connectivity index (χ4n) is 3.20. The van der Waals surface area contributed by atoms with Crippen molar-refractivity contribution in [3.05, 3.63) is 41.6 Å².